The highest BCUT2D eigenvalue weighted by Crippen LogP contribution is 2.35. The van der Waals surface area contributed by atoms with Crippen molar-refractivity contribution in [3.63, 3.8) is 0 Å². The van der Waals surface area contributed by atoms with Gasteiger partial charge in [0, 0.05) is 5.41 Å². The molecule has 0 unspecified atom stereocenters. The Morgan fingerprint density at radius 3 is 1.06 bits per heavy atom. The van der Waals surface area contributed by atoms with Crippen LogP contribution in [0.4, 0.5) is 0 Å². The van der Waals surface area contributed by atoms with Gasteiger partial charge in [-0.05, 0) is 48.2 Å². The predicted molar refractivity (Wildman–Crippen MR) is 137 cm³/mol. The van der Waals surface area contributed by atoms with Gasteiger partial charge in [-0.15, -0.1) is 0 Å². The van der Waals surface area contributed by atoms with E-state index >= 15 is 0 Å². The summed E-state index contributed by atoms with van der Waals surface area (Å²) in [4.78, 5) is 0. The number of methoxy groups -OCH3 is 2. The minimum Gasteiger partial charge on any atom is -0.496 e. The number of hydrogen-bond donors (Lipinski definition) is 0. The molecule has 0 amide bonds. The van der Waals surface area contributed by atoms with E-state index in [1.54, 1.807) is 14.2 Å². The fourth-order valence-electron chi connectivity index (χ4n) is 3.09. The summed E-state index contributed by atoms with van der Waals surface area (Å²) >= 11 is 0. The fourth-order valence-corrected chi connectivity index (χ4v) is 3.09. The van der Waals surface area contributed by atoms with Gasteiger partial charge >= 0.3 is 0 Å². The van der Waals surface area contributed by atoms with Crippen molar-refractivity contribution in [3.05, 3.63) is 95.1 Å². The highest BCUT2D eigenvalue weighted by molar-refractivity contribution is 5.46. The smallest absolute Gasteiger partial charge is 0.121 e. The van der Waals surface area contributed by atoms with Gasteiger partial charge in [-0.1, -0.05) is 102 Å². The summed E-state index contributed by atoms with van der Waals surface area (Å²) in [5, 5.41) is 0. The molecule has 0 aliphatic carbocycles. The number of aryl methyl sites for hydroxylation is 2. The summed E-state index contributed by atoms with van der Waals surface area (Å²) in [5.74, 6) is 1.86. The fraction of sp³-hybridized carbons (Fsp3) is 0.379. The Balaban J connectivity index is 0.000000753. The van der Waals surface area contributed by atoms with Crippen LogP contribution in [0.15, 0.2) is 72.8 Å². The molecule has 0 aliphatic rings. The molecule has 0 aliphatic heterocycles. The first-order valence-corrected chi connectivity index (χ1v) is 11.2. The largest absolute Gasteiger partial charge is 0.496 e. The Morgan fingerprint density at radius 1 is 0.548 bits per heavy atom. The lowest BCUT2D eigenvalue weighted by Crippen LogP contribution is -2.19. The summed E-state index contributed by atoms with van der Waals surface area (Å²) < 4.78 is 10.7. The zero-order valence-corrected chi connectivity index (χ0v) is 21.2. The van der Waals surface area contributed by atoms with Crippen molar-refractivity contribution in [2.75, 3.05) is 14.2 Å². The van der Waals surface area contributed by atoms with Crippen LogP contribution in [-0.2, 0) is 5.41 Å². The number of ether oxygens (including phenoxy) is 2. The second-order valence-electron chi connectivity index (χ2n) is 7.15. The molecule has 31 heavy (non-hydrogen) atoms. The lowest BCUT2D eigenvalue weighted by molar-refractivity contribution is 0.410. The molecule has 0 N–H and O–H groups in total. The summed E-state index contributed by atoms with van der Waals surface area (Å²) in [6.07, 6.45) is 0. The third-order valence-electron chi connectivity index (χ3n) is 4.90. The van der Waals surface area contributed by atoms with Crippen LogP contribution in [0.5, 0.6) is 11.5 Å². The molecule has 0 heterocycles. The number of benzene rings is 3. The van der Waals surface area contributed by atoms with Crippen LogP contribution in [0.2, 0.25) is 0 Å². The average molecular weight is 423 g/mol. The van der Waals surface area contributed by atoms with Crippen LogP contribution >= 0.6 is 0 Å². The number of rotatable bonds is 4. The quantitative estimate of drug-likeness (QED) is 0.420. The van der Waals surface area contributed by atoms with E-state index in [1.807, 2.05) is 76.2 Å². The minimum absolute atomic E-state index is 0.0614. The molecule has 170 valence electrons. The molecule has 0 atom stereocenters. The summed E-state index contributed by atoms with van der Waals surface area (Å²) in [6, 6.07) is 24.8. The molecule has 0 aromatic heterocycles. The van der Waals surface area contributed by atoms with Crippen LogP contribution in [0.1, 0.15) is 63.8 Å². The SMILES string of the molecule is CC.CC.COc1ccc(C(C)(C)c2ccc(OC)c(C)c2)cc1C.c1ccccc1. The zero-order valence-electron chi connectivity index (χ0n) is 21.2. The maximum atomic E-state index is 5.35. The van der Waals surface area contributed by atoms with E-state index in [2.05, 4.69) is 52.0 Å². The maximum absolute atomic E-state index is 5.35. The molecule has 3 rings (SSSR count). The molecule has 0 saturated heterocycles. The number of hydrogen-bond acceptors (Lipinski definition) is 2. The van der Waals surface area contributed by atoms with Crippen molar-refractivity contribution in [2.45, 2.75) is 60.8 Å². The van der Waals surface area contributed by atoms with Crippen molar-refractivity contribution in [1.82, 2.24) is 0 Å². The first kappa shape index (κ1) is 28.3. The zero-order chi connectivity index (χ0) is 23.9. The van der Waals surface area contributed by atoms with E-state index < -0.39 is 0 Å². The first-order chi connectivity index (χ1) is 14.9. The van der Waals surface area contributed by atoms with Gasteiger partial charge in [-0.3, -0.25) is 0 Å². The molecule has 0 saturated carbocycles. The topological polar surface area (TPSA) is 18.5 Å². The van der Waals surface area contributed by atoms with Gasteiger partial charge in [0.2, 0.25) is 0 Å². The van der Waals surface area contributed by atoms with E-state index in [0.717, 1.165) is 22.6 Å². The summed E-state index contributed by atoms with van der Waals surface area (Å²) in [7, 11) is 3.42. The third-order valence-corrected chi connectivity index (χ3v) is 4.90. The second-order valence-corrected chi connectivity index (χ2v) is 7.15. The van der Waals surface area contributed by atoms with Gasteiger partial charge in [0.05, 0.1) is 14.2 Å². The molecule has 0 fully saturated rings. The van der Waals surface area contributed by atoms with Crippen molar-refractivity contribution in [1.29, 1.82) is 0 Å². The maximum Gasteiger partial charge on any atom is 0.121 e. The van der Waals surface area contributed by atoms with Crippen LogP contribution in [0, 0.1) is 13.8 Å². The third kappa shape index (κ3) is 8.49. The van der Waals surface area contributed by atoms with Crippen LogP contribution in [0.3, 0.4) is 0 Å². The van der Waals surface area contributed by atoms with E-state index in [4.69, 9.17) is 9.47 Å². The molecule has 0 radical (unpaired) electrons. The molecular formula is C29H42O2. The van der Waals surface area contributed by atoms with E-state index in [0.29, 0.717) is 0 Å². The van der Waals surface area contributed by atoms with Crippen LogP contribution in [0.25, 0.3) is 0 Å². The lowest BCUT2D eigenvalue weighted by Gasteiger charge is -2.27. The minimum atomic E-state index is -0.0614. The van der Waals surface area contributed by atoms with E-state index in [-0.39, 0.29) is 5.41 Å². The van der Waals surface area contributed by atoms with Gasteiger partial charge in [-0.2, -0.15) is 0 Å². The monoisotopic (exact) mass is 422 g/mol. The molecule has 2 heteroatoms. The Hall–Kier alpha value is -2.74. The molecule has 3 aromatic rings. The Bertz CT molecular complexity index is 770. The highest BCUT2D eigenvalue weighted by Gasteiger charge is 2.24. The Kier molecular flexibility index (Phi) is 13.8. The van der Waals surface area contributed by atoms with E-state index in [9.17, 15) is 0 Å². The molecule has 0 bridgehead atoms. The Morgan fingerprint density at radius 2 is 0.839 bits per heavy atom. The molecule has 2 nitrogen and oxygen atoms in total. The lowest BCUT2D eigenvalue weighted by atomic mass is 9.77. The van der Waals surface area contributed by atoms with Gasteiger partial charge in [0.1, 0.15) is 11.5 Å². The molecule has 0 spiro atoms. The Labute approximate surface area is 191 Å². The van der Waals surface area contributed by atoms with Gasteiger partial charge < -0.3 is 9.47 Å². The van der Waals surface area contributed by atoms with Crippen LogP contribution < -0.4 is 9.47 Å². The summed E-state index contributed by atoms with van der Waals surface area (Å²) in [5.41, 5.74) is 4.82. The molecular weight excluding hydrogens is 380 g/mol. The highest BCUT2D eigenvalue weighted by atomic mass is 16.5. The summed E-state index contributed by atoms with van der Waals surface area (Å²) in [6.45, 7) is 16.7. The van der Waals surface area contributed by atoms with Crippen molar-refractivity contribution < 1.29 is 9.47 Å². The predicted octanol–water partition coefficient (Wildman–Crippen LogP) is 8.39. The average Bonchev–Trinajstić information content (AvgIpc) is 2.83. The van der Waals surface area contributed by atoms with Crippen molar-refractivity contribution in [2.24, 2.45) is 0 Å². The van der Waals surface area contributed by atoms with Gasteiger partial charge in [-0.25, -0.2) is 0 Å². The normalized spacial score (nSPS) is 9.61. The first-order valence-electron chi connectivity index (χ1n) is 11.2. The van der Waals surface area contributed by atoms with Gasteiger partial charge in [0.15, 0.2) is 0 Å². The standard InChI is InChI=1S/C19H24O2.C6H6.2C2H6/c1-13-11-15(7-9-17(13)20-5)19(3,4)16-8-10-18(21-6)14(2)12-16;1-2-4-6-5-3-1;2*1-2/h7-12H,1-6H3;1-6H;2*1-2H3. The van der Waals surface area contributed by atoms with Crippen molar-refractivity contribution >= 4 is 0 Å². The van der Waals surface area contributed by atoms with Gasteiger partial charge in [0.25, 0.3) is 0 Å². The van der Waals surface area contributed by atoms with Crippen LogP contribution in [-0.4, -0.2) is 14.2 Å². The second kappa shape index (κ2) is 15.1. The van der Waals surface area contributed by atoms with E-state index in [1.165, 1.54) is 11.1 Å². The molecule has 3 aromatic carbocycles. The van der Waals surface area contributed by atoms with Crippen molar-refractivity contribution in [3.8, 4) is 11.5 Å².